The number of aromatic nitrogens is 2. The highest BCUT2D eigenvalue weighted by Crippen LogP contribution is 2.33. The predicted octanol–water partition coefficient (Wildman–Crippen LogP) is 2.26. The summed E-state index contributed by atoms with van der Waals surface area (Å²) in [4.78, 5) is 5.55. The molecule has 5 heteroatoms. The number of imidazole rings is 1. The second-order valence-electron chi connectivity index (χ2n) is 4.51. The zero-order valence-corrected chi connectivity index (χ0v) is 10.2. The maximum absolute atomic E-state index is 9.39. The van der Waals surface area contributed by atoms with Crippen LogP contribution in [-0.4, -0.2) is 22.6 Å². The Kier molecular flexibility index (Phi) is 2.61. The van der Waals surface area contributed by atoms with Crippen molar-refractivity contribution in [2.45, 2.75) is 19.3 Å². The Morgan fingerprint density at radius 1 is 1.53 bits per heavy atom. The normalized spacial score (nSPS) is 19.2. The molecule has 0 atom stereocenters. The first kappa shape index (κ1) is 10.8. The van der Waals surface area contributed by atoms with Gasteiger partial charge in [-0.05, 0) is 12.8 Å². The molecule has 0 unspecified atom stereocenters. The minimum atomic E-state index is -0.276. The topological polar surface area (TPSA) is 50.3 Å². The van der Waals surface area contributed by atoms with E-state index in [0.717, 1.165) is 29.9 Å². The molecule has 1 aliphatic rings. The third-order valence-corrected chi connectivity index (χ3v) is 4.12. The molecule has 0 radical (unpaired) electrons. The van der Waals surface area contributed by atoms with Crippen LogP contribution in [0.25, 0.3) is 4.96 Å². The number of hydrogen-bond acceptors (Lipinski definition) is 4. The molecule has 0 aliphatic carbocycles. The van der Waals surface area contributed by atoms with Gasteiger partial charge in [-0.2, -0.15) is 5.26 Å². The van der Waals surface area contributed by atoms with Crippen molar-refractivity contribution in [1.82, 2.24) is 9.38 Å². The third kappa shape index (κ3) is 1.94. The first-order chi connectivity index (χ1) is 8.31. The summed E-state index contributed by atoms with van der Waals surface area (Å²) in [5, 5.41) is 11.4. The highest BCUT2D eigenvalue weighted by Gasteiger charge is 2.33. The first-order valence-electron chi connectivity index (χ1n) is 5.71. The number of thiazole rings is 1. The molecule has 17 heavy (non-hydrogen) atoms. The minimum Gasteiger partial charge on any atom is -0.381 e. The lowest BCUT2D eigenvalue weighted by atomic mass is 9.78. The number of ether oxygens (including phenoxy) is 1. The number of nitrogens with zero attached hydrogens (tertiary/aromatic N) is 3. The standard InChI is InChI=1S/C12H13N3OS/c13-9-12(1-4-16-5-2-12)7-10-8-15-3-6-17-11(15)14-10/h3,6,8H,1-2,4-5,7H2. The maximum atomic E-state index is 9.39. The Morgan fingerprint density at radius 3 is 3.06 bits per heavy atom. The van der Waals surface area contributed by atoms with Crippen LogP contribution < -0.4 is 0 Å². The molecular weight excluding hydrogens is 234 g/mol. The summed E-state index contributed by atoms with van der Waals surface area (Å²) in [5.41, 5.74) is 0.739. The van der Waals surface area contributed by atoms with Gasteiger partial charge in [0.2, 0.25) is 0 Å². The van der Waals surface area contributed by atoms with Crippen LogP contribution in [-0.2, 0) is 11.2 Å². The summed E-state index contributed by atoms with van der Waals surface area (Å²) < 4.78 is 7.35. The molecule has 1 saturated heterocycles. The van der Waals surface area contributed by atoms with E-state index in [2.05, 4.69) is 11.1 Å². The number of rotatable bonds is 2. The number of fused-ring (bicyclic) bond motifs is 1. The Balaban J connectivity index is 1.85. The molecule has 2 aromatic heterocycles. The van der Waals surface area contributed by atoms with Crippen molar-refractivity contribution in [3.63, 3.8) is 0 Å². The molecule has 0 aromatic carbocycles. The van der Waals surface area contributed by atoms with Gasteiger partial charge in [0, 0.05) is 37.4 Å². The second-order valence-corrected chi connectivity index (χ2v) is 5.38. The Hall–Kier alpha value is -1.38. The van der Waals surface area contributed by atoms with Gasteiger partial charge in [-0.15, -0.1) is 11.3 Å². The zero-order valence-electron chi connectivity index (χ0n) is 9.43. The molecule has 0 bridgehead atoms. The number of hydrogen-bond donors (Lipinski definition) is 0. The van der Waals surface area contributed by atoms with E-state index in [4.69, 9.17) is 4.74 Å². The highest BCUT2D eigenvalue weighted by atomic mass is 32.1. The van der Waals surface area contributed by atoms with Crippen molar-refractivity contribution in [3.05, 3.63) is 23.5 Å². The molecule has 1 fully saturated rings. The van der Waals surface area contributed by atoms with Gasteiger partial charge in [-0.1, -0.05) is 0 Å². The minimum absolute atomic E-state index is 0.276. The fourth-order valence-electron chi connectivity index (χ4n) is 2.30. The van der Waals surface area contributed by atoms with Crippen LogP contribution in [0.15, 0.2) is 17.8 Å². The summed E-state index contributed by atoms with van der Waals surface area (Å²) in [6.07, 6.45) is 6.39. The Labute approximate surface area is 103 Å². The van der Waals surface area contributed by atoms with Gasteiger partial charge >= 0.3 is 0 Å². The Bertz CT molecular complexity index is 531. The molecule has 3 heterocycles. The van der Waals surface area contributed by atoms with Crippen molar-refractivity contribution in [1.29, 1.82) is 5.26 Å². The van der Waals surface area contributed by atoms with Crippen molar-refractivity contribution >= 4 is 16.3 Å². The van der Waals surface area contributed by atoms with Gasteiger partial charge in [-0.3, -0.25) is 4.40 Å². The largest absolute Gasteiger partial charge is 0.381 e. The van der Waals surface area contributed by atoms with E-state index in [9.17, 15) is 5.26 Å². The monoisotopic (exact) mass is 247 g/mol. The molecule has 0 spiro atoms. The lowest BCUT2D eigenvalue weighted by molar-refractivity contribution is 0.0403. The SMILES string of the molecule is N#CC1(Cc2cn3ccsc3n2)CCOCC1. The van der Waals surface area contributed by atoms with Crippen LogP contribution >= 0.6 is 11.3 Å². The van der Waals surface area contributed by atoms with E-state index in [1.807, 2.05) is 22.2 Å². The summed E-state index contributed by atoms with van der Waals surface area (Å²) in [6, 6.07) is 2.48. The average Bonchev–Trinajstić information content (AvgIpc) is 2.91. The van der Waals surface area contributed by atoms with Crippen molar-refractivity contribution in [2.75, 3.05) is 13.2 Å². The van der Waals surface area contributed by atoms with Gasteiger partial charge in [-0.25, -0.2) is 4.98 Å². The lowest BCUT2D eigenvalue weighted by Gasteiger charge is -2.29. The summed E-state index contributed by atoms with van der Waals surface area (Å²) in [7, 11) is 0. The lowest BCUT2D eigenvalue weighted by Crippen LogP contribution is -2.30. The summed E-state index contributed by atoms with van der Waals surface area (Å²) in [5.74, 6) is 0. The van der Waals surface area contributed by atoms with Gasteiger partial charge in [0.05, 0.1) is 17.2 Å². The van der Waals surface area contributed by atoms with E-state index >= 15 is 0 Å². The molecular formula is C12H13N3OS. The molecule has 88 valence electrons. The predicted molar refractivity (Wildman–Crippen MR) is 64.9 cm³/mol. The van der Waals surface area contributed by atoms with E-state index in [1.165, 1.54) is 0 Å². The number of nitriles is 1. The van der Waals surface area contributed by atoms with Crippen molar-refractivity contribution in [3.8, 4) is 6.07 Å². The summed E-state index contributed by atoms with van der Waals surface area (Å²) in [6.45, 7) is 1.38. The first-order valence-corrected chi connectivity index (χ1v) is 6.59. The fourth-order valence-corrected chi connectivity index (χ4v) is 3.02. The van der Waals surface area contributed by atoms with Gasteiger partial charge in [0.15, 0.2) is 4.96 Å². The fraction of sp³-hybridized carbons (Fsp3) is 0.500. The average molecular weight is 247 g/mol. The summed E-state index contributed by atoms with van der Waals surface area (Å²) >= 11 is 1.62. The van der Waals surface area contributed by atoms with Crippen LogP contribution in [0.5, 0.6) is 0 Å². The maximum Gasteiger partial charge on any atom is 0.193 e. The second kappa shape index (κ2) is 4.13. The van der Waals surface area contributed by atoms with Crippen LogP contribution in [0.3, 0.4) is 0 Å². The van der Waals surface area contributed by atoms with Gasteiger partial charge in [0.1, 0.15) is 0 Å². The Morgan fingerprint density at radius 2 is 2.35 bits per heavy atom. The van der Waals surface area contributed by atoms with Gasteiger partial charge in [0.25, 0.3) is 0 Å². The molecule has 0 N–H and O–H groups in total. The van der Waals surface area contributed by atoms with E-state index < -0.39 is 0 Å². The van der Waals surface area contributed by atoms with Crippen LogP contribution in [0, 0.1) is 16.7 Å². The van der Waals surface area contributed by atoms with Crippen molar-refractivity contribution < 1.29 is 4.74 Å². The van der Waals surface area contributed by atoms with E-state index in [0.29, 0.717) is 13.2 Å². The van der Waals surface area contributed by atoms with E-state index in [-0.39, 0.29) is 5.41 Å². The quantitative estimate of drug-likeness (QED) is 0.818. The van der Waals surface area contributed by atoms with Gasteiger partial charge < -0.3 is 4.74 Å². The van der Waals surface area contributed by atoms with Crippen LogP contribution in [0.2, 0.25) is 0 Å². The molecule has 0 saturated carbocycles. The molecule has 4 nitrogen and oxygen atoms in total. The molecule has 2 aromatic rings. The van der Waals surface area contributed by atoms with Crippen LogP contribution in [0.4, 0.5) is 0 Å². The molecule has 0 amide bonds. The van der Waals surface area contributed by atoms with E-state index in [1.54, 1.807) is 11.3 Å². The third-order valence-electron chi connectivity index (χ3n) is 3.35. The highest BCUT2D eigenvalue weighted by molar-refractivity contribution is 7.15. The van der Waals surface area contributed by atoms with Crippen LogP contribution in [0.1, 0.15) is 18.5 Å². The smallest absolute Gasteiger partial charge is 0.193 e. The molecule has 3 rings (SSSR count). The molecule has 1 aliphatic heterocycles. The zero-order chi connectivity index (χ0) is 11.7. The van der Waals surface area contributed by atoms with Crippen molar-refractivity contribution in [2.24, 2.45) is 5.41 Å².